The van der Waals surface area contributed by atoms with E-state index < -0.39 is 0 Å². The molecule has 0 bridgehead atoms. The number of rotatable bonds is 3. The largest absolute Gasteiger partial charge is 0.353 e. The topological polar surface area (TPSA) is 63.8 Å². The second kappa shape index (κ2) is 4.78. The first kappa shape index (κ1) is 11.3. The number of nitrogens with zero attached hydrogens (tertiary/aromatic N) is 2. The van der Waals surface area contributed by atoms with Crippen molar-refractivity contribution in [2.24, 2.45) is 11.7 Å². The molecule has 1 aromatic heterocycles. The van der Waals surface area contributed by atoms with Crippen LogP contribution in [0.25, 0.3) is 0 Å². The fourth-order valence-electron chi connectivity index (χ4n) is 2.41. The van der Waals surface area contributed by atoms with Crippen LogP contribution in [0.3, 0.4) is 0 Å². The van der Waals surface area contributed by atoms with Crippen molar-refractivity contribution in [3.05, 3.63) is 17.5 Å². The van der Waals surface area contributed by atoms with E-state index in [9.17, 15) is 0 Å². The van der Waals surface area contributed by atoms with Crippen LogP contribution >= 0.6 is 0 Å². The lowest BCUT2D eigenvalue weighted by Crippen LogP contribution is -2.19. The SMILES string of the molecule is CC1Cc2nc(NCCN)ncc2C(C)C1. The van der Waals surface area contributed by atoms with E-state index in [1.54, 1.807) is 0 Å². The van der Waals surface area contributed by atoms with Crippen molar-refractivity contribution >= 4 is 5.95 Å². The zero-order valence-electron chi connectivity index (χ0n) is 10.0. The van der Waals surface area contributed by atoms with E-state index in [-0.39, 0.29) is 0 Å². The molecule has 3 N–H and O–H groups in total. The number of nitrogens with one attached hydrogen (secondary N) is 1. The van der Waals surface area contributed by atoms with Crippen LogP contribution < -0.4 is 11.1 Å². The lowest BCUT2D eigenvalue weighted by molar-refractivity contribution is 0.441. The van der Waals surface area contributed by atoms with Gasteiger partial charge < -0.3 is 11.1 Å². The Morgan fingerprint density at radius 2 is 2.31 bits per heavy atom. The third-order valence-electron chi connectivity index (χ3n) is 3.16. The van der Waals surface area contributed by atoms with E-state index in [2.05, 4.69) is 29.1 Å². The third-order valence-corrected chi connectivity index (χ3v) is 3.16. The number of hydrogen-bond donors (Lipinski definition) is 2. The molecule has 0 spiro atoms. The van der Waals surface area contributed by atoms with Gasteiger partial charge in [0, 0.05) is 25.0 Å². The first-order chi connectivity index (χ1) is 7.70. The molecule has 0 aromatic carbocycles. The molecule has 1 heterocycles. The smallest absolute Gasteiger partial charge is 0.222 e. The highest BCUT2D eigenvalue weighted by atomic mass is 15.1. The van der Waals surface area contributed by atoms with Crippen LogP contribution in [0.5, 0.6) is 0 Å². The molecule has 0 saturated heterocycles. The van der Waals surface area contributed by atoms with E-state index in [1.807, 2.05) is 6.20 Å². The van der Waals surface area contributed by atoms with E-state index in [0.717, 1.165) is 18.9 Å². The van der Waals surface area contributed by atoms with Gasteiger partial charge in [-0.15, -0.1) is 0 Å². The van der Waals surface area contributed by atoms with Crippen molar-refractivity contribution in [1.82, 2.24) is 9.97 Å². The Hall–Kier alpha value is -1.16. The van der Waals surface area contributed by atoms with E-state index in [1.165, 1.54) is 17.7 Å². The highest BCUT2D eigenvalue weighted by molar-refractivity contribution is 5.33. The predicted molar refractivity (Wildman–Crippen MR) is 65.5 cm³/mol. The number of fused-ring (bicyclic) bond motifs is 1. The summed E-state index contributed by atoms with van der Waals surface area (Å²) in [6.45, 7) is 5.87. The summed E-state index contributed by atoms with van der Waals surface area (Å²) in [7, 11) is 0. The fourth-order valence-corrected chi connectivity index (χ4v) is 2.41. The highest BCUT2D eigenvalue weighted by Gasteiger charge is 2.23. The van der Waals surface area contributed by atoms with Crippen LogP contribution in [0.1, 0.15) is 37.4 Å². The fraction of sp³-hybridized carbons (Fsp3) is 0.667. The summed E-state index contributed by atoms with van der Waals surface area (Å²) in [4.78, 5) is 8.90. The summed E-state index contributed by atoms with van der Waals surface area (Å²) in [6, 6.07) is 0. The van der Waals surface area contributed by atoms with Gasteiger partial charge in [-0.3, -0.25) is 0 Å². The molecular weight excluding hydrogens is 200 g/mol. The average molecular weight is 220 g/mol. The normalized spacial score (nSPS) is 23.9. The second-order valence-corrected chi connectivity index (χ2v) is 4.76. The van der Waals surface area contributed by atoms with Gasteiger partial charge >= 0.3 is 0 Å². The van der Waals surface area contributed by atoms with Crippen LogP contribution in [0.4, 0.5) is 5.95 Å². The average Bonchev–Trinajstić information content (AvgIpc) is 2.25. The van der Waals surface area contributed by atoms with Crippen molar-refractivity contribution in [2.75, 3.05) is 18.4 Å². The van der Waals surface area contributed by atoms with Gasteiger partial charge in [-0.1, -0.05) is 13.8 Å². The molecule has 2 unspecified atom stereocenters. The molecule has 0 amide bonds. The second-order valence-electron chi connectivity index (χ2n) is 4.76. The molecule has 4 heteroatoms. The Morgan fingerprint density at radius 3 is 3.06 bits per heavy atom. The van der Waals surface area contributed by atoms with E-state index in [0.29, 0.717) is 18.4 Å². The van der Waals surface area contributed by atoms with Gasteiger partial charge in [-0.2, -0.15) is 0 Å². The van der Waals surface area contributed by atoms with Crippen molar-refractivity contribution in [1.29, 1.82) is 0 Å². The van der Waals surface area contributed by atoms with Crippen molar-refractivity contribution in [3.63, 3.8) is 0 Å². The summed E-state index contributed by atoms with van der Waals surface area (Å²) in [5, 5.41) is 3.13. The standard InChI is InChI=1S/C12H20N4/c1-8-5-9(2)10-7-15-12(14-4-3-13)16-11(10)6-8/h7-9H,3-6,13H2,1-2H3,(H,14,15,16). The number of aromatic nitrogens is 2. The van der Waals surface area contributed by atoms with Crippen molar-refractivity contribution in [3.8, 4) is 0 Å². The van der Waals surface area contributed by atoms with E-state index >= 15 is 0 Å². The van der Waals surface area contributed by atoms with E-state index in [4.69, 9.17) is 5.73 Å². The Morgan fingerprint density at radius 1 is 1.50 bits per heavy atom. The molecule has 4 nitrogen and oxygen atoms in total. The van der Waals surface area contributed by atoms with Gasteiger partial charge in [0.15, 0.2) is 0 Å². The van der Waals surface area contributed by atoms with Crippen LogP contribution in [-0.4, -0.2) is 23.1 Å². The number of nitrogens with two attached hydrogens (primary N) is 1. The lowest BCUT2D eigenvalue weighted by Gasteiger charge is -2.26. The van der Waals surface area contributed by atoms with Crippen LogP contribution in [0.15, 0.2) is 6.20 Å². The molecule has 1 aromatic rings. The summed E-state index contributed by atoms with van der Waals surface area (Å²) < 4.78 is 0. The summed E-state index contributed by atoms with van der Waals surface area (Å²) in [5.41, 5.74) is 7.97. The van der Waals surface area contributed by atoms with Crippen LogP contribution in [-0.2, 0) is 6.42 Å². The maximum absolute atomic E-state index is 5.44. The summed E-state index contributed by atoms with van der Waals surface area (Å²) in [6.07, 6.45) is 4.28. The molecule has 0 radical (unpaired) electrons. The quantitative estimate of drug-likeness (QED) is 0.811. The van der Waals surface area contributed by atoms with Crippen molar-refractivity contribution in [2.45, 2.75) is 32.6 Å². The molecule has 88 valence electrons. The Labute approximate surface area is 96.7 Å². The van der Waals surface area contributed by atoms with Crippen LogP contribution in [0, 0.1) is 5.92 Å². The first-order valence-corrected chi connectivity index (χ1v) is 6.00. The summed E-state index contributed by atoms with van der Waals surface area (Å²) in [5.74, 6) is 2.02. The van der Waals surface area contributed by atoms with Crippen molar-refractivity contribution < 1.29 is 0 Å². The molecule has 2 rings (SSSR count). The zero-order chi connectivity index (χ0) is 11.5. The molecule has 2 atom stereocenters. The number of anilines is 1. The number of hydrogen-bond acceptors (Lipinski definition) is 4. The Balaban J connectivity index is 2.20. The third kappa shape index (κ3) is 2.32. The molecular formula is C12H20N4. The Bertz CT molecular complexity index is 364. The molecule has 1 aliphatic carbocycles. The minimum Gasteiger partial charge on any atom is -0.353 e. The minimum atomic E-state index is 0.585. The molecule has 0 aliphatic heterocycles. The summed E-state index contributed by atoms with van der Waals surface area (Å²) >= 11 is 0. The van der Waals surface area contributed by atoms with Gasteiger partial charge in [-0.05, 0) is 30.2 Å². The van der Waals surface area contributed by atoms with Gasteiger partial charge in [0.2, 0.25) is 5.95 Å². The van der Waals surface area contributed by atoms with Crippen LogP contribution in [0.2, 0.25) is 0 Å². The lowest BCUT2D eigenvalue weighted by atomic mass is 9.82. The maximum atomic E-state index is 5.44. The van der Waals surface area contributed by atoms with Gasteiger partial charge in [0.1, 0.15) is 0 Å². The first-order valence-electron chi connectivity index (χ1n) is 6.00. The van der Waals surface area contributed by atoms with Gasteiger partial charge in [0.05, 0.1) is 0 Å². The highest BCUT2D eigenvalue weighted by Crippen LogP contribution is 2.33. The maximum Gasteiger partial charge on any atom is 0.222 e. The molecule has 0 saturated carbocycles. The monoisotopic (exact) mass is 220 g/mol. The molecule has 1 aliphatic rings. The Kier molecular flexibility index (Phi) is 3.39. The minimum absolute atomic E-state index is 0.585. The predicted octanol–water partition coefficient (Wildman–Crippen LogP) is 1.53. The van der Waals surface area contributed by atoms with Gasteiger partial charge in [0.25, 0.3) is 0 Å². The zero-order valence-corrected chi connectivity index (χ0v) is 10.0. The molecule has 0 fully saturated rings. The molecule has 16 heavy (non-hydrogen) atoms. The van der Waals surface area contributed by atoms with Gasteiger partial charge in [-0.25, -0.2) is 9.97 Å².